The molecule has 0 rings (SSSR count). The molecule has 0 saturated heterocycles. The Bertz CT molecular complexity index is 398. The number of nitrogens with zero attached hydrogens (tertiary/aromatic N) is 1. The lowest BCUT2D eigenvalue weighted by molar-refractivity contribution is -0.140. The molecule has 0 spiro atoms. The molecule has 0 heterocycles. The van der Waals surface area contributed by atoms with Crippen LogP contribution in [0.4, 0.5) is 4.79 Å². The zero-order chi connectivity index (χ0) is 16.4. The maximum Gasteiger partial charge on any atom is 0.326 e. The molecule has 0 aliphatic rings. The smallest absolute Gasteiger partial charge is 0.326 e. The summed E-state index contributed by atoms with van der Waals surface area (Å²) < 4.78 is 0. The number of hydrogen-bond donors (Lipinski definition) is 4. The lowest BCUT2D eigenvalue weighted by atomic mass is 10.1. The van der Waals surface area contributed by atoms with Crippen molar-refractivity contribution in [3.05, 3.63) is 0 Å². The monoisotopic (exact) mass is 303 g/mol. The van der Waals surface area contributed by atoms with Crippen molar-refractivity contribution in [2.24, 2.45) is 0 Å². The number of amides is 3. The van der Waals surface area contributed by atoms with Gasteiger partial charge in [-0.2, -0.15) is 0 Å². The number of urea groups is 1. The van der Waals surface area contributed by atoms with Gasteiger partial charge in [0, 0.05) is 20.0 Å². The largest absolute Gasteiger partial charge is 0.481 e. The van der Waals surface area contributed by atoms with Crippen molar-refractivity contribution in [3.63, 3.8) is 0 Å². The molecule has 0 aliphatic carbocycles. The first-order valence-electron chi connectivity index (χ1n) is 6.52. The number of nitrogens with one attached hydrogen (secondary N) is 2. The topological polar surface area (TPSA) is 136 Å². The Morgan fingerprint density at radius 2 is 1.81 bits per heavy atom. The van der Waals surface area contributed by atoms with Crippen LogP contribution in [-0.4, -0.2) is 65.2 Å². The minimum Gasteiger partial charge on any atom is -0.481 e. The average molecular weight is 303 g/mol. The molecular weight excluding hydrogens is 282 g/mol. The highest BCUT2D eigenvalue weighted by Crippen LogP contribution is 2.01. The second-order valence-corrected chi connectivity index (χ2v) is 4.37. The van der Waals surface area contributed by atoms with Gasteiger partial charge in [-0.25, -0.2) is 9.59 Å². The molecule has 9 nitrogen and oxygen atoms in total. The summed E-state index contributed by atoms with van der Waals surface area (Å²) in [6, 6.07) is -2.02. The zero-order valence-electron chi connectivity index (χ0n) is 12.1. The summed E-state index contributed by atoms with van der Waals surface area (Å²) in [7, 11) is 1.43. The highest BCUT2D eigenvalue weighted by atomic mass is 16.4. The molecule has 21 heavy (non-hydrogen) atoms. The number of carboxylic acids is 2. The van der Waals surface area contributed by atoms with Crippen LogP contribution in [0.2, 0.25) is 0 Å². The van der Waals surface area contributed by atoms with Gasteiger partial charge >= 0.3 is 18.0 Å². The van der Waals surface area contributed by atoms with Crippen LogP contribution in [0.1, 0.15) is 26.2 Å². The quantitative estimate of drug-likeness (QED) is 0.452. The van der Waals surface area contributed by atoms with E-state index < -0.39 is 24.0 Å². The second-order valence-electron chi connectivity index (χ2n) is 4.37. The van der Waals surface area contributed by atoms with Crippen molar-refractivity contribution in [2.75, 3.05) is 20.1 Å². The Balaban J connectivity index is 4.69. The van der Waals surface area contributed by atoms with E-state index in [1.807, 2.05) is 6.92 Å². The van der Waals surface area contributed by atoms with Gasteiger partial charge in [-0.05, 0) is 12.8 Å². The fourth-order valence-electron chi connectivity index (χ4n) is 1.54. The number of rotatable bonds is 9. The number of hydrogen-bond acceptors (Lipinski definition) is 4. The van der Waals surface area contributed by atoms with Gasteiger partial charge in [0.25, 0.3) is 0 Å². The molecule has 0 aliphatic heterocycles. The summed E-state index contributed by atoms with van der Waals surface area (Å²) in [6.07, 6.45) is -0.00586. The third-order valence-corrected chi connectivity index (χ3v) is 2.64. The molecule has 9 heteroatoms. The Morgan fingerprint density at radius 3 is 2.24 bits per heavy atom. The summed E-state index contributed by atoms with van der Waals surface area (Å²) in [5, 5.41) is 22.1. The predicted molar refractivity (Wildman–Crippen MR) is 72.8 cm³/mol. The van der Waals surface area contributed by atoms with Crippen LogP contribution >= 0.6 is 0 Å². The van der Waals surface area contributed by atoms with Crippen LogP contribution in [0, 0.1) is 0 Å². The third kappa shape index (κ3) is 7.75. The van der Waals surface area contributed by atoms with E-state index in [0.717, 1.165) is 0 Å². The Morgan fingerprint density at radius 1 is 1.19 bits per heavy atom. The van der Waals surface area contributed by atoms with E-state index >= 15 is 0 Å². The van der Waals surface area contributed by atoms with Crippen molar-refractivity contribution in [1.82, 2.24) is 15.5 Å². The fraction of sp³-hybridized carbons (Fsp3) is 0.667. The van der Waals surface area contributed by atoms with E-state index in [-0.39, 0.29) is 31.8 Å². The number of carbonyl (C=O) groups is 4. The fourth-order valence-corrected chi connectivity index (χ4v) is 1.54. The zero-order valence-corrected chi connectivity index (χ0v) is 12.1. The van der Waals surface area contributed by atoms with Crippen molar-refractivity contribution in [2.45, 2.75) is 32.2 Å². The van der Waals surface area contributed by atoms with Crippen LogP contribution in [0.25, 0.3) is 0 Å². The van der Waals surface area contributed by atoms with Crippen LogP contribution in [-0.2, 0) is 14.4 Å². The van der Waals surface area contributed by atoms with E-state index in [2.05, 4.69) is 10.6 Å². The van der Waals surface area contributed by atoms with E-state index in [1.165, 1.54) is 11.9 Å². The molecular formula is C12H21N3O6. The molecule has 4 N–H and O–H groups in total. The first kappa shape index (κ1) is 18.7. The summed E-state index contributed by atoms with van der Waals surface area (Å²) in [6.45, 7) is 1.90. The molecule has 0 aromatic carbocycles. The average Bonchev–Trinajstić information content (AvgIpc) is 2.41. The normalized spacial score (nSPS) is 11.3. The van der Waals surface area contributed by atoms with Gasteiger partial charge in [-0.3, -0.25) is 9.59 Å². The minimum atomic E-state index is -1.32. The van der Waals surface area contributed by atoms with E-state index in [4.69, 9.17) is 10.2 Å². The first-order valence-corrected chi connectivity index (χ1v) is 6.52. The van der Waals surface area contributed by atoms with Crippen molar-refractivity contribution in [3.8, 4) is 0 Å². The Labute approximate surface area is 122 Å². The highest BCUT2D eigenvalue weighted by molar-refractivity contribution is 5.86. The molecule has 0 aromatic rings. The van der Waals surface area contributed by atoms with Gasteiger partial charge in [0.1, 0.15) is 12.6 Å². The summed E-state index contributed by atoms with van der Waals surface area (Å²) >= 11 is 0. The first-order chi connectivity index (χ1) is 9.81. The maximum atomic E-state index is 12.0. The van der Waals surface area contributed by atoms with Crippen LogP contribution < -0.4 is 10.6 Å². The number of carboxylic acid groups (broad SMARTS) is 2. The van der Waals surface area contributed by atoms with Gasteiger partial charge < -0.3 is 25.7 Å². The van der Waals surface area contributed by atoms with Crippen molar-refractivity contribution in [1.29, 1.82) is 0 Å². The molecule has 0 fully saturated rings. The lowest BCUT2D eigenvalue weighted by Gasteiger charge is -2.24. The molecule has 0 radical (unpaired) electrons. The van der Waals surface area contributed by atoms with Gasteiger partial charge in [0.2, 0.25) is 5.91 Å². The maximum absolute atomic E-state index is 12.0. The Kier molecular flexibility index (Phi) is 8.51. The minimum absolute atomic E-state index is 0.193. The summed E-state index contributed by atoms with van der Waals surface area (Å²) in [5.41, 5.74) is 0. The van der Waals surface area contributed by atoms with Crippen LogP contribution in [0.5, 0.6) is 0 Å². The SMILES string of the molecule is CCCN(CC(=O)NC)C(=O)N[C@@H](CCC(=O)O)C(=O)O. The number of aliphatic carboxylic acids is 2. The standard InChI is InChI=1S/C12H21N3O6/c1-3-6-15(7-9(16)13-2)12(21)14-8(11(19)20)4-5-10(17)18/h8H,3-7H2,1-2H3,(H,13,16)(H,14,21)(H,17,18)(H,19,20)/t8-/m0/s1. The van der Waals surface area contributed by atoms with E-state index in [9.17, 15) is 19.2 Å². The molecule has 0 saturated carbocycles. The lowest BCUT2D eigenvalue weighted by Crippen LogP contribution is -2.50. The Hall–Kier alpha value is -2.32. The van der Waals surface area contributed by atoms with E-state index in [0.29, 0.717) is 6.42 Å². The van der Waals surface area contributed by atoms with Crippen molar-refractivity contribution < 1.29 is 29.4 Å². The number of likely N-dealkylation sites (N-methyl/N-ethyl adjacent to an activating group) is 1. The van der Waals surface area contributed by atoms with Gasteiger partial charge in [0.05, 0.1) is 0 Å². The predicted octanol–water partition coefficient (Wildman–Crippen LogP) is -0.528. The van der Waals surface area contributed by atoms with Crippen LogP contribution in [0.15, 0.2) is 0 Å². The second kappa shape index (κ2) is 9.56. The summed E-state index contributed by atoms with van der Waals surface area (Å²) in [4.78, 5) is 45.9. The molecule has 1 atom stereocenters. The molecule has 3 amide bonds. The highest BCUT2D eigenvalue weighted by Gasteiger charge is 2.24. The summed E-state index contributed by atoms with van der Waals surface area (Å²) in [5.74, 6) is -2.84. The van der Waals surface area contributed by atoms with Gasteiger partial charge in [0.15, 0.2) is 0 Å². The number of carbonyl (C=O) groups excluding carboxylic acids is 2. The van der Waals surface area contributed by atoms with Gasteiger partial charge in [-0.1, -0.05) is 6.92 Å². The molecule has 120 valence electrons. The van der Waals surface area contributed by atoms with Crippen LogP contribution in [0.3, 0.4) is 0 Å². The van der Waals surface area contributed by atoms with Gasteiger partial charge in [-0.15, -0.1) is 0 Å². The third-order valence-electron chi connectivity index (χ3n) is 2.64. The van der Waals surface area contributed by atoms with E-state index in [1.54, 1.807) is 0 Å². The molecule has 0 unspecified atom stereocenters. The molecule has 0 bridgehead atoms. The van der Waals surface area contributed by atoms with Crippen molar-refractivity contribution >= 4 is 23.9 Å². The molecule has 0 aromatic heterocycles.